The van der Waals surface area contributed by atoms with Gasteiger partial charge in [0.1, 0.15) is 5.41 Å². The van der Waals surface area contributed by atoms with E-state index in [9.17, 15) is 14.7 Å². The number of hydrogen-bond donors (Lipinski definition) is 2. The third-order valence-electron chi connectivity index (χ3n) is 2.93. The first-order valence-corrected chi connectivity index (χ1v) is 4.83. The summed E-state index contributed by atoms with van der Waals surface area (Å²) in [6, 6.07) is 8.74. The van der Waals surface area contributed by atoms with Gasteiger partial charge in [0.25, 0.3) is 0 Å². The Morgan fingerprint density at radius 2 is 1.69 bits per heavy atom. The van der Waals surface area contributed by atoms with E-state index in [0.29, 0.717) is 5.56 Å². The van der Waals surface area contributed by atoms with Crippen molar-refractivity contribution in [3.8, 4) is 0 Å². The fourth-order valence-corrected chi connectivity index (χ4v) is 1.94. The summed E-state index contributed by atoms with van der Waals surface area (Å²) in [7, 11) is 0. The van der Waals surface area contributed by atoms with E-state index in [0.717, 1.165) is 4.90 Å². The molecule has 1 aliphatic rings. The Bertz CT molecular complexity index is 423. The third-order valence-corrected chi connectivity index (χ3v) is 2.93. The maximum absolute atomic E-state index is 11.3. The van der Waals surface area contributed by atoms with Gasteiger partial charge in [-0.25, -0.2) is 4.79 Å². The molecule has 1 aliphatic heterocycles. The number of hydrogen-bond acceptors (Lipinski definition) is 2. The van der Waals surface area contributed by atoms with Gasteiger partial charge in [-0.05, 0) is 5.56 Å². The van der Waals surface area contributed by atoms with Crippen molar-refractivity contribution >= 4 is 12.1 Å². The summed E-state index contributed by atoms with van der Waals surface area (Å²) in [5.74, 6) is -0.976. The minimum atomic E-state index is -1.08. The van der Waals surface area contributed by atoms with Gasteiger partial charge in [-0.1, -0.05) is 30.3 Å². The van der Waals surface area contributed by atoms with E-state index in [1.54, 1.807) is 30.3 Å². The Kier molecular flexibility index (Phi) is 2.30. The SMILES string of the molecule is O=C(O)N1CC(C(=O)O)(c2ccccc2)C1. The molecule has 0 radical (unpaired) electrons. The average molecular weight is 221 g/mol. The Morgan fingerprint density at radius 1 is 1.12 bits per heavy atom. The maximum atomic E-state index is 11.3. The molecule has 0 aliphatic carbocycles. The van der Waals surface area contributed by atoms with Gasteiger partial charge in [-0.2, -0.15) is 0 Å². The van der Waals surface area contributed by atoms with E-state index in [-0.39, 0.29) is 13.1 Å². The zero-order valence-corrected chi connectivity index (χ0v) is 8.46. The minimum Gasteiger partial charge on any atom is -0.480 e. The topological polar surface area (TPSA) is 77.8 Å². The van der Waals surface area contributed by atoms with Crippen molar-refractivity contribution < 1.29 is 19.8 Å². The number of amides is 1. The monoisotopic (exact) mass is 221 g/mol. The molecule has 1 amide bonds. The zero-order valence-electron chi connectivity index (χ0n) is 8.46. The number of nitrogens with zero attached hydrogens (tertiary/aromatic N) is 1. The van der Waals surface area contributed by atoms with E-state index in [1.807, 2.05) is 0 Å². The molecule has 1 saturated heterocycles. The summed E-state index contributed by atoms with van der Waals surface area (Å²) in [6.07, 6.45) is -1.08. The molecule has 5 nitrogen and oxygen atoms in total. The molecule has 0 unspecified atom stereocenters. The highest BCUT2D eigenvalue weighted by Crippen LogP contribution is 2.34. The number of carboxylic acid groups (broad SMARTS) is 2. The molecule has 0 atom stereocenters. The van der Waals surface area contributed by atoms with Crippen molar-refractivity contribution in [2.75, 3.05) is 13.1 Å². The van der Waals surface area contributed by atoms with E-state index >= 15 is 0 Å². The predicted molar refractivity (Wildman–Crippen MR) is 55.4 cm³/mol. The van der Waals surface area contributed by atoms with E-state index in [1.165, 1.54) is 0 Å². The summed E-state index contributed by atoms with van der Waals surface area (Å²) in [6.45, 7) is 0.0311. The normalized spacial score (nSPS) is 17.6. The van der Waals surface area contributed by atoms with Crippen LogP contribution in [-0.2, 0) is 10.2 Å². The van der Waals surface area contributed by atoms with Crippen LogP contribution in [0.3, 0.4) is 0 Å². The number of likely N-dealkylation sites (tertiary alicyclic amines) is 1. The number of carboxylic acids is 1. The van der Waals surface area contributed by atoms with Crippen LogP contribution in [-0.4, -0.2) is 40.3 Å². The van der Waals surface area contributed by atoms with Crippen molar-refractivity contribution in [3.05, 3.63) is 35.9 Å². The number of aliphatic carboxylic acids is 1. The van der Waals surface area contributed by atoms with Gasteiger partial charge in [0.15, 0.2) is 0 Å². The van der Waals surface area contributed by atoms with Crippen molar-refractivity contribution in [1.29, 1.82) is 0 Å². The van der Waals surface area contributed by atoms with Gasteiger partial charge in [-0.15, -0.1) is 0 Å². The molecule has 84 valence electrons. The van der Waals surface area contributed by atoms with Crippen molar-refractivity contribution in [1.82, 2.24) is 4.90 Å². The molecule has 2 rings (SSSR count). The average Bonchev–Trinajstić information content (AvgIpc) is 2.16. The molecular weight excluding hydrogens is 210 g/mol. The van der Waals surface area contributed by atoms with Gasteiger partial charge in [0, 0.05) is 13.1 Å². The molecule has 1 aromatic carbocycles. The van der Waals surface area contributed by atoms with Gasteiger partial charge >= 0.3 is 12.1 Å². The van der Waals surface area contributed by atoms with Crippen LogP contribution in [0.1, 0.15) is 5.56 Å². The predicted octanol–water partition coefficient (Wildman–Crippen LogP) is 1.00. The standard InChI is InChI=1S/C11H11NO4/c13-9(14)11(6-12(7-11)10(15)16)8-4-2-1-3-5-8/h1-5H,6-7H2,(H,13,14)(H,15,16). The summed E-state index contributed by atoms with van der Waals surface area (Å²) in [5.41, 5.74) is -0.417. The largest absolute Gasteiger partial charge is 0.480 e. The smallest absolute Gasteiger partial charge is 0.407 e. The Hall–Kier alpha value is -2.04. The molecule has 1 aromatic rings. The zero-order chi connectivity index (χ0) is 11.8. The Balaban J connectivity index is 2.28. The lowest BCUT2D eigenvalue weighted by Gasteiger charge is -2.45. The Morgan fingerprint density at radius 3 is 2.12 bits per heavy atom. The van der Waals surface area contributed by atoms with Crippen LogP contribution in [0.25, 0.3) is 0 Å². The van der Waals surface area contributed by atoms with Gasteiger partial charge < -0.3 is 15.1 Å². The lowest BCUT2D eigenvalue weighted by Crippen LogP contribution is -2.64. The number of carbonyl (C=O) groups is 2. The fourth-order valence-electron chi connectivity index (χ4n) is 1.94. The summed E-state index contributed by atoms with van der Waals surface area (Å²) in [5, 5.41) is 17.9. The molecule has 5 heteroatoms. The van der Waals surface area contributed by atoms with E-state index < -0.39 is 17.5 Å². The third kappa shape index (κ3) is 1.41. The van der Waals surface area contributed by atoms with Crippen LogP contribution in [0.4, 0.5) is 4.79 Å². The van der Waals surface area contributed by atoms with Crippen LogP contribution in [0.5, 0.6) is 0 Å². The van der Waals surface area contributed by atoms with E-state index in [4.69, 9.17) is 5.11 Å². The second-order valence-corrected chi connectivity index (χ2v) is 3.89. The lowest BCUT2D eigenvalue weighted by atomic mass is 9.74. The maximum Gasteiger partial charge on any atom is 0.407 e. The lowest BCUT2D eigenvalue weighted by molar-refractivity contribution is -0.149. The van der Waals surface area contributed by atoms with E-state index in [2.05, 4.69) is 0 Å². The number of rotatable bonds is 2. The summed E-state index contributed by atoms with van der Waals surface area (Å²) >= 11 is 0. The molecule has 1 fully saturated rings. The van der Waals surface area contributed by atoms with Crippen LogP contribution < -0.4 is 0 Å². The number of benzene rings is 1. The second-order valence-electron chi connectivity index (χ2n) is 3.89. The second kappa shape index (κ2) is 3.52. The molecule has 2 N–H and O–H groups in total. The molecule has 0 aromatic heterocycles. The van der Waals surface area contributed by atoms with Gasteiger partial charge in [-0.3, -0.25) is 4.79 Å². The minimum absolute atomic E-state index is 0.0156. The van der Waals surface area contributed by atoms with Crippen LogP contribution in [0.2, 0.25) is 0 Å². The highest BCUT2D eigenvalue weighted by molar-refractivity contribution is 5.86. The first-order chi connectivity index (χ1) is 7.56. The quantitative estimate of drug-likeness (QED) is 0.781. The molecule has 1 heterocycles. The first-order valence-electron chi connectivity index (χ1n) is 4.83. The molecule has 0 bridgehead atoms. The van der Waals surface area contributed by atoms with Crippen LogP contribution in [0, 0.1) is 0 Å². The van der Waals surface area contributed by atoms with Crippen molar-refractivity contribution in [3.63, 3.8) is 0 Å². The highest BCUT2D eigenvalue weighted by Gasteiger charge is 2.52. The Labute approximate surface area is 91.9 Å². The highest BCUT2D eigenvalue weighted by atomic mass is 16.4. The van der Waals surface area contributed by atoms with Crippen LogP contribution >= 0.6 is 0 Å². The van der Waals surface area contributed by atoms with Gasteiger partial charge in [0.05, 0.1) is 0 Å². The molecule has 16 heavy (non-hydrogen) atoms. The summed E-state index contributed by atoms with van der Waals surface area (Å²) in [4.78, 5) is 23.0. The summed E-state index contributed by atoms with van der Waals surface area (Å²) < 4.78 is 0. The van der Waals surface area contributed by atoms with Gasteiger partial charge in [0.2, 0.25) is 0 Å². The molecule has 0 saturated carbocycles. The molecular formula is C11H11NO4. The van der Waals surface area contributed by atoms with Crippen molar-refractivity contribution in [2.24, 2.45) is 0 Å². The van der Waals surface area contributed by atoms with Crippen LogP contribution in [0.15, 0.2) is 30.3 Å². The van der Waals surface area contributed by atoms with Crippen molar-refractivity contribution in [2.45, 2.75) is 5.41 Å². The first kappa shape index (κ1) is 10.5. The molecule has 0 spiro atoms. The fraction of sp³-hybridized carbons (Fsp3) is 0.273.